The predicted molar refractivity (Wildman–Crippen MR) is 80.9 cm³/mol. The largest absolute Gasteiger partial charge is 0.496 e. The molecule has 0 atom stereocenters. The predicted octanol–water partition coefficient (Wildman–Crippen LogP) is 1.29. The molecule has 0 heterocycles. The van der Waals surface area contributed by atoms with Crippen molar-refractivity contribution in [1.29, 1.82) is 0 Å². The molecule has 21 heavy (non-hydrogen) atoms. The van der Waals surface area contributed by atoms with Gasteiger partial charge in [0.25, 0.3) is 0 Å². The number of nitrogens with zero attached hydrogens (tertiary/aromatic N) is 1. The van der Waals surface area contributed by atoms with Crippen LogP contribution in [0.15, 0.2) is 24.3 Å². The number of hydrogen-bond donors (Lipinski definition) is 2. The summed E-state index contributed by atoms with van der Waals surface area (Å²) in [4.78, 5) is 14.4. The second-order valence-corrected chi connectivity index (χ2v) is 5.63. The van der Waals surface area contributed by atoms with Crippen molar-refractivity contribution in [1.82, 2.24) is 4.90 Å². The zero-order valence-corrected chi connectivity index (χ0v) is 12.5. The topological polar surface area (TPSA) is 75.8 Å². The standard InChI is InChI=1S/C16H24N2O3/c1-21-14-7-3-2-6-13(14)12-18(10-11-19)15(20)16(17)8-4-5-9-16/h2-3,6-7,19H,4-5,8-12,17H2,1H3. The molecule has 0 aliphatic heterocycles. The third kappa shape index (κ3) is 3.54. The van der Waals surface area contributed by atoms with Gasteiger partial charge in [0, 0.05) is 18.7 Å². The lowest BCUT2D eigenvalue weighted by Gasteiger charge is -2.31. The Morgan fingerprint density at radius 3 is 2.67 bits per heavy atom. The van der Waals surface area contributed by atoms with Gasteiger partial charge in [-0.25, -0.2) is 0 Å². The van der Waals surface area contributed by atoms with E-state index in [0.29, 0.717) is 6.54 Å². The Balaban J connectivity index is 2.17. The molecule has 1 aliphatic carbocycles. The number of amides is 1. The monoisotopic (exact) mass is 292 g/mol. The normalized spacial score (nSPS) is 16.7. The van der Waals surface area contributed by atoms with Crippen molar-refractivity contribution >= 4 is 5.91 Å². The van der Waals surface area contributed by atoms with Gasteiger partial charge >= 0.3 is 0 Å². The zero-order valence-electron chi connectivity index (χ0n) is 12.5. The SMILES string of the molecule is COc1ccccc1CN(CCO)C(=O)C1(N)CCCC1. The number of rotatable bonds is 6. The first-order valence-electron chi connectivity index (χ1n) is 7.42. The van der Waals surface area contributed by atoms with Gasteiger partial charge in [-0.1, -0.05) is 31.0 Å². The number of carbonyl (C=O) groups is 1. The first-order valence-corrected chi connectivity index (χ1v) is 7.42. The number of aliphatic hydroxyl groups is 1. The van der Waals surface area contributed by atoms with E-state index in [4.69, 9.17) is 10.5 Å². The number of ether oxygens (including phenoxy) is 1. The van der Waals surface area contributed by atoms with E-state index in [9.17, 15) is 9.90 Å². The third-order valence-electron chi connectivity index (χ3n) is 4.13. The molecule has 0 spiro atoms. The van der Waals surface area contributed by atoms with E-state index in [1.807, 2.05) is 24.3 Å². The summed E-state index contributed by atoms with van der Waals surface area (Å²) in [6, 6.07) is 7.59. The van der Waals surface area contributed by atoms with Gasteiger partial charge in [-0.3, -0.25) is 4.79 Å². The second-order valence-electron chi connectivity index (χ2n) is 5.63. The van der Waals surface area contributed by atoms with E-state index in [1.165, 1.54) is 0 Å². The Labute approximate surface area is 125 Å². The number of nitrogens with two attached hydrogens (primary N) is 1. The second kappa shape index (κ2) is 6.91. The van der Waals surface area contributed by atoms with Crippen molar-refractivity contribution in [3.05, 3.63) is 29.8 Å². The molecule has 1 fully saturated rings. The van der Waals surface area contributed by atoms with E-state index < -0.39 is 5.54 Å². The lowest BCUT2D eigenvalue weighted by Crippen LogP contribution is -2.53. The van der Waals surface area contributed by atoms with Crippen molar-refractivity contribution in [2.45, 2.75) is 37.8 Å². The summed E-state index contributed by atoms with van der Waals surface area (Å²) in [6.45, 7) is 0.620. The van der Waals surface area contributed by atoms with Gasteiger partial charge < -0.3 is 20.5 Å². The summed E-state index contributed by atoms with van der Waals surface area (Å²) >= 11 is 0. The van der Waals surface area contributed by atoms with Crippen LogP contribution in [-0.4, -0.2) is 41.7 Å². The quantitative estimate of drug-likeness (QED) is 0.828. The fraction of sp³-hybridized carbons (Fsp3) is 0.562. The van der Waals surface area contributed by atoms with Crippen LogP contribution in [0.3, 0.4) is 0 Å². The lowest BCUT2D eigenvalue weighted by molar-refractivity contribution is -0.138. The maximum absolute atomic E-state index is 12.7. The highest BCUT2D eigenvalue weighted by Gasteiger charge is 2.39. The fourth-order valence-electron chi connectivity index (χ4n) is 2.95. The Morgan fingerprint density at radius 1 is 1.38 bits per heavy atom. The van der Waals surface area contributed by atoms with Gasteiger partial charge in [-0.15, -0.1) is 0 Å². The van der Waals surface area contributed by atoms with Crippen molar-refractivity contribution < 1.29 is 14.6 Å². The molecular weight excluding hydrogens is 268 g/mol. The average Bonchev–Trinajstić information content (AvgIpc) is 2.94. The molecular formula is C16H24N2O3. The number of aliphatic hydroxyl groups excluding tert-OH is 1. The van der Waals surface area contributed by atoms with Crippen LogP contribution in [-0.2, 0) is 11.3 Å². The molecule has 5 heteroatoms. The van der Waals surface area contributed by atoms with E-state index in [0.717, 1.165) is 37.0 Å². The number of methoxy groups -OCH3 is 1. The summed E-state index contributed by atoms with van der Waals surface area (Å²) in [5, 5.41) is 9.25. The van der Waals surface area contributed by atoms with Gasteiger partial charge in [0.1, 0.15) is 5.75 Å². The van der Waals surface area contributed by atoms with Gasteiger partial charge in [-0.2, -0.15) is 0 Å². The molecule has 0 aromatic heterocycles. The maximum Gasteiger partial charge on any atom is 0.243 e. The van der Waals surface area contributed by atoms with Crippen LogP contribution in [0.5, 0.6) is 5.75 Å². The Kier molecular flexibility index (Phi) is 5.20. The van der Waals surface area contributed by atoms with Crippen molar-refractivity contribution in [2.24, 2.45) is 5.73 Å². The first kappa shape index (κ1) is 15.8. The summed E-state index contributed by atoms with van der Waals surface area (Å²) in [6.07, 6.45) is 3.42. The zero-order chi connectivity index (χ0) is 15.3. The van der Waals surface area contributed by atoms with E-state index in [-0.39, 0.29) is 19.1 Å². The van der Waals surface area contributed by atoms with Crippen LogP contribution in [0.25, 0.3) is 0 Å². The highest BCUT2D eigenvalue weighted by atomic mass is 16.5. The van der Waals surface area contributed by atoms with Crippen molar-refractivity contribution in [2.75, 3.05) is 20.3 Å². The molecule has 3 N–H and O–H groups in total. The lowest BCUT2D eigenvalue weighted by atomic mass is 9.96. The van der Waals surface area contributed by atoms with Gasteiger partial charge in [0.05, 0.1) is 19.3 Å². The molecule has 1 amide bonds. The summed E-state index contributed by atoms with van der Waals surface area (Å²) in [7, 11) is 1.61. The van der Waals surface area contributed by atoms with Gasteiger partial charge in [-0.05, 0) is 18.9 Å². The van der Waals surface area contributed by atoms with Crippen LogP contribution >= 0.6 is 0 Å². The molecule has 1 saturated carbocycles. The van der Waals surface area contributed by atoms with E-state index in [1.54, 1.807) is 12.0 Å². The molecule has 0 saturated heterocycles. The molecule has 0 radical (unpaired) electrons. The highest BCUT2D eigenvalue weighted by Crippen LogP contribution is 2.30. The van der Waals surface area contributed by atoms with Crippen LogP contribution in [0, 0.1) is 0 Å². The maximum atomic E-state index is 12.7. The fourth-order valence-corrected chi connectivity index (χ4v) is 2.95. The molecule has 1 aliphatic rings. The number of carbonyl (C=O) groups excluding carboxylic acids is 1. The van der Waals surface area contributed by atoms with E-state index >= 15 is 0 Å². The minimum Gasteiger partial charge on any atom is -0.496 e. The smallest absolute Gasteiger partial charge is 0.243 e. The Bertz CT molecular complexity index is 484. The van der Waals surface area contributed by atoms with Crippen LogP contribution in [0.4, 0.5) is 0 Å². The Morgan fingerprint density at radius 2 is 2.05 bits per heavy atom. The summed E-state index contributed by atoms with van der Waals surface area (Å²) in [5.41, 5.74) is 6.41. The molecule has 1 aromatic carbocycles. The molecule has 5 nitrogen and oxygen atoms in total. The average molecular weight is 292 g/mol. The molecule has 0 unspecified atom stereocenters. The number of benzene rings is 1. The summed E-state index contributed by atoms with van der Waals surface area (Å²) < 4.78 is 5.32. The minimum absolute atomic E-state index is 0.0695. The number of para-hydroxylation sites is 1. The van der Waals surface area contributed by atoms with Crippen LogP contribution in [0.2, 0.25) is 0 Å². The highest BCUT2D eigenvalue weighted by molar-refractivity contribution is 5.86. The summed E-state index contributed by atoms with van der Waals surface area (Å²) in [5.74, 6) is 0.672. The number of hydrogen-bond acceptors (Lipinski definition) is 4. The first-order chi connectivity index (χ1) is 10.1. The molecule has 0 bridgehead atoms. The van der Waals surface area contributed by atoms with Gasteiger partial charge in [0.2, 0.25) is 5.91 Å². The van der Waals surface area contributed by atoms with E-state index in [2.05, 4.69) is 0 Å². The molecule has 116 valence electrons. The van der Waals surface area contributed by atoms with Crippen molar-refractivity contribution in [3.63, 3.8) is 0 Å². The molecule has 2 rings (SSSR count). The van der Waals surface area contributed by atoms with Crippen LogP contribution in [0.1, 0.15) is 31.2 Å². The third-order valence-corrected chi connectivity index (χ3v) is 4.13. The Hall–Kier alpha value is -1.59. The molecule has 1 aromatic rings. The van der Waals surface area contributed by atoms with Crippen molar-refractivity contribution in [3.8, 4) is 5.75 Å². The van der Waals surface area contributed by atoms with Crippen LogP contribution < -0.4 is 10.5 Å². The van der Waals surface area contributed by atoms with Gasteiger partial charge in [0.15, 0.2) is 0 Å². The minimum atomic E-state index is -0.767.